The third-order valence-corrected chi connectivity index (χ3v) is 6.23. The molecule has 1 aliphatic heterocycles. The molecule has 1 fully saturated rings. The summed E-state index contributed by atoms with van der Waals surface area (Å²) >= 11 is 2.88. The molecule has 1 aromatic carbocycles. The van der Waals surface area contributed by atoms with E-state index in [9.17, 15) is 4.79 Å². The van der Waals surface area contributed by atoms with E-state index in [-0.39, 0.29) is 11.2 Å². The smallest absolute Gasteiger partial charge is 0.319 e. The van der Waals surface area contributed by atoms with E-state index in [1.807, 2.05) is 47.8 Å². The molecule has 5 rings (SSSR count). The number of carbonyl (C=O) groups excluding carboxylic acids is 1. The number of thioether (sulfide) groups is 1. The third-order valence-electron chi connectivity index (χ3n) is 4.26. The largest absolute Gasteiger partial charge is 0.465 e. The number of rotatable bonds is 4. The van der Waals surface area contributed by atoms with Crippen LogP contribution in [-0.2, 0) is 9.53 Å². The van der Waals surface area contributed by atoms with Gasteiger partial charge in [-0.2, -0.15) is 0 Å². The summed E-state index contributed by atoms with van der Waals surface area (Å²) in [5, 5.41) is 11.4. The molecular formula is C19H13N3O3S2. The minimum atomic E-state index is -0.283. The molecule has 4 heterocycles. The van der Waals surface area contributed by atoms with E-state index < -0.39 is 0 Å². The molecule has 0 saturated carbocycles. The molecule has 0 radical (unpaired) electrons. The number of esters is 1. The topological polar surface area (TPSA) is 78.1 Å². The Bertz CT molecular complexity index is 1120. The molecule has 1 atom stereocenters. The fourth-order valence-electron chi connectivity index (χ4n) is 2.98. The molecule has 4 aromatic rings. The predicted octanol–water partition coefficient (Wildman–Crippen LogP) is 4.42. The second-order valence-corrected chi connectivity index (χ2v) is 8.09. The summed E-state index contributed by atoms with van der Waals surface area (Å²) in [6.07, 6.45) is 0.655. The summed E-state index contributed by atoms with van der Waals surface area (Å²) in [5.41, 5.74) is 2.56. The van der Waals surface area contributed by atoms with Crippen molar-refractivity contribution < 1.29 is 13.9 Å². The molecular weight excluding hydrogens is 382 g/mol. The number of thiophene rings is 1. The lowest BCUT2D eigenvalue weighted by molar-refractivity contribution is -0.137. The fraction of sp³-hybridized carbons (Fsp3) is 0.158. The van der Waals surface area contributed by atoms with Crippen LogP contribution in [0.1, 0.15) is 6.42 Å². The van der Waals surface area contributed by atoms with Gasteiger partial charge in [-0.05, 0) is 35.3 Å². The molecule has 134 valence electrons. The SMILES string of the molecule is O=C1OCC[C@@H]1Sc1nnc(-c2cc(-c3cccs3)nc3ccccc23)o1. The van der Waals surface area contributed by atoms with Crippen LogP contribution in [0.25, 0.3) is 32.9 Å². The van der Waals surface area contributed by atoms with Crippen LogP contribution in [0, 0.1) is 0 Å². The highest BCUT2D eigenvalue weighted by Crippen LogP contribution is 2.35. The van der Waals surface area contributed by atoms with E-state index >= 15 is 0 Å². The number of fused-ring (bicyclic) bond motifs is 1. The van der Waals surface area contributed by atoms with E-state index in [4.69, 9.17) is 14.1 Å². The van der Waals surface area contributed by atoms with Gasteiger partial charge in [-0.25, -0.2) is 4.98 Å². The summed E-state index contributed by atoms with van der Waals surface area (Å²) in [7, 11) is 0. The van der Waals surface area contributed by atoms with Crippen LogP contribution in [0.5, 0.6) is 0 Å². The van der Waals surface area contributed by atoms with Crippen molar-refractivity contribution in [2.75, 3.05) is 6.61 Å². The van der Waals surface area contributed by atoms with Crippen molar-refractivity contribution >= 4 is 40.0 Å². The quantitative estimate of drug-likeness (QED) is 0.473. The van der Waals surface area contributed by atoms with Crippen molar-refractivity contribution in [1.82, 2.24) is 15.2 Å². The zero-order valence-electron chi connectivity index (χ0n) is 14.0. The van der Waals surface area contributed by atoms with Crippen molar-refractivity contribution in [3.05, 3.63) is 47.8 Å². The summed E-state index contributed by atoms with van der Waals surface area (Å²) < 4.78 is 10.9. The Hall–Kier alpha value is -2.71. The Morgan fingerprint density at radius 1 is 1.15 bits per heavy atom. The van der Waals surface area contributed by atoms with Crippen molar-refractivity contribution in [1.29, 1.82) is 0 Å². The first-order valence-corrected chi connectivity index (χ1v) is 10.1. The number of ether oxygens (including phenoxy) is 1. The fourth-order valence-corrected chi connectivity index (χ4v) is 4.50. The molecule has 0 N–H and O–H groups in total. The summed E-state index contributed by atoms with van der Waals surface area (Å²) in [6, 6.07) is 13.9. The molecule has 0 amide bonds. The van der Waals surface area contributed by atoms with Gasteiger partial charge in [0.15, 0.2) is 0 Å². The number of para-hydroxylation sites is 1. The van der Waals surface area contributed by atoms with Gasteiger partial charge in [0.25, 0.3) is 5.22 Å². The predicted molar refractivity (Wildman–Crippen MR) is 104 cm³/mol. The maximum atomic E-state index is 11.7. The molecule has 3 aromatic heterocycles. The molecule has 8 heteroatoms. The number of hydrogen-bond donors (Lipinski definition) is 0. The zero-order chi connectivity index (χ0) is 18.2. The van der Waals surface area contributed by atoms with E-state index in [0.717, 1.165) is 27.0 Å². The van der Waals surface area contributed by atoms with E-state index in [0.29, 0.717) is 24.1 Å². The van der Waals surface area contributed by atoms with E-state index in [1.54, 1.807) is 11.3 Å². The first kappa shape index (κ1) is 16.5. The van der Waals surface area contributed by atoms with Gasteiger partial charge in [0.05, 0.1) is 28.3 Å². The highest BCUT2D eigenvalue weighted by Gasteiger charge is 2.29. The van der Waals surface area contributed by atoms with Crippen LogP contribution in [0.4, 0.5) is 0 Å². The standard InChI is InChI=1S/C19H13N3O3S2/c23-18-16(7-8-24-18)27-19-22-21-17(25-19)12-10-14(15-6-3-9-26-15)20-13-5-2-1-4-11(12)13/h1-6,9-10,16H,7-8H2/t16-/m0/s1. The lowest BCUT2D eigenvalue weighted by Crippen LogP contribution is -2.09. The average Bonchev–Trinajstić information content (AvgIpc) is 3.44. The minimum absolute atomic E-state index is 0.228. The van der Waals surface area contributed by atoms with Gasteiger partial charge >= 0.3 is 5.97 Å². The van der Waals surface area contributed by atoms with Crippen molar-refractivity contribution in [3.8, 4) is 22.0 Å². The van der Waals surface area contributed by atoms with E-state index in [2.05, 4.69) is 10.2 Å². The summed E-state index contributed by atoms with van der Waals surface area (Å²) in [4.78, 5) is 17.5. The lowest BCUT2D eigenvalue weighted by atomic mass is 10.1. The second-order valence-electron chi connectivity index (χ2n) is 5.99. The zero-order valence-corrected chi connectivity index (χ0v) is 15.6. The summed E-state index contributed by atoms with van der Waals surface area (Å²) in [5.74, 6) is 0.189. The van der Waals surface area contributed by atoms with E-state index in [1.165, 1.54) is 11.8 Å². The summed E-state index contributed by atoms with van der Waals surface area (Å²) in [6.45, 7) is 0.441. The first-order chi connectivity index (χ1) is 13.3. The molecule has 0 bridgehead atoms. The highest BCUT2D eigenvalue weighted by atomic mass is 32.2. The molecule has 0 aliphatic carbocycles. The van der Waals surface area contributed by atoms with Crippen molar-refractivity contribution in [3.63, 3.8) is 0 Å². The molecule has 6 nitrogen and oxygen atoms in total. The van der Waals surface area contributed by atoms with Crippen molar-refractivity contribution in [2.24, 2.45) is 0 Å². The third kappa shape index (κ3) is 3.11. The van der Waals surface area contributed by atoms with Crippen molar-refractivity contribution in [2.45, 2.75) is 16.9 Å². The number of pyridine rings is 1. The minimum Gasteiger partial charge on any atom is -0.465 e. The van der Waals surface area contributed by atoms with Gasteiger partial charge in [0.2, 0.25) is 5.89 Å². The molecule has 0 spiro atoms. The van der Waals surface area contributed by atoms with Crippen LogP contribution in [0.2, 0.25) is 0 Å². The molecule has 0 unspecified atom stereocenters. The molecule has 1 saturated heterocycles. The Morgan fingerprint density at radius 3 is 2.89 bits per heavy atom. The van der Waals surface area contributed by atoms with Gasteiger partial charge in [0.1, 0.15) is 5.25 Å². The monoisotopic (exact) mass is 395 g/mol. The van der Waals surface area contributed by atoms with Crippen LogP contribution in [0.15, 0.2) is 57.5 Å². The molecule has 1 aliphatic rings. The number of benzene rings is 1. The Balaban J connectivity index is 1.57. The van der Waals surface area contributed by atoms with Crippen LogP contribution in [-0.4, -0.2) is 33.0 Å². The second kappa shape index (κ2) is 6.79. The Kier molecular flexibility index (Phi) is 4.14. The van der Waals surface area contributed by atoms with Crippen LogP contribution in [0.3, 0.4) is 0 Å². The van der Waals surface area contributed by atoms with Gasteiger partial charge in [-0.15, -0.1) is 21.5 Å². The van der Waals surface area contributed by atoms with Crippen LogP contribution < -0.4 is 0 Å². The number of cyclic esters (lactones) is 1. The van der Waals surface area contributed by atoms with Gasteiger partial charge in [-0.1, -0.05) is 24.3 Å². The normalized spacial score (nSPS) is 16.7. The maximum Gasteiger partial charge on any atom is 0.319 e. The van der Waals surface area contributed by atoms with Crippen LogP contribution >= 0.6 is 23.1 Å². The highest BCUT2D eigenvalue weighted by molar-refractivity contribution is 8.00. The molecule has 27 heavy (non-hydrogen) atoms. The van der Waals surface area contributed by atoms with Gasteiger partial charge < -0.3 is 9.15 Å². The number of aromatic nitrogens is 3. The Labute approximate surface area is 162 Å². The first-order valence-electron chi connectivity index (χ1n) is 8.39. The van der Waals surface area contributed by atoms with Gasteiger partial charge in [-0.3, -0.25) is 4.79 Å². The number of carbonyl (C=O) groups is 1. The lowest BCUT2D eigenvalue weighted by Gasteiger charge is -2.06. The number of hydrogen-bond acceptors (Lipinski definition) is 8. The Morgan fingerprint density at radius 2 is 2.07 bits per heavy atom. The maximum absolute atomic E-state index is 11.7. The average molecular weight is 395 g/mol. The van der Waals surface area contributed by atoms with Gasteiger partial charge in [0, 0.05) is 11.8 Å². The number of nitrogens with zero attached hydrogens (tertiary/aromatic N) is 3.